The van der Waals surface area contributed by atoms with Crippen LogP contribution in [0.5, 0.6) is 0 Å². The molecule has 2 aromatic heterocycles. The Hall–Kier alpha value is -2.61. The SMILES string of the molecule is CC(C)(C)OC(=O)N[C@@H]1CCN(Cc2cn3c(C(=O)NCC45CC6CC7CC(C4)C7(C6)C5)cccc3n2)C1. The van der Waals surface area contributed by atoms with Crippen molar-refractivity contribution in [2.75, 3.05) is 19.6 Å². The number of pyridine rings is 1. The summed E-state index contributed by atoms with van der Waals surface area (Å²) in [5.74, 6) is 2.79. The third kappa shape index (κ3) is 4.10. The van der Waals surface area contributed by atoms with Gasteiger partial charge in [0.15, 0.2) is 0 Å². The highest BCUT2D eigenvalue weighted by atomic mass is 16.6. The first-order valence-electron chi connectivity index (χ1n) is 14.6. The third-order valence-corrected chi connectivity index (χ3v) is 10.4. The number of ether oxygens (including phenoxy) is 1. The van der Waals surface area contributed by atoms with Gasteiger partial charge in [-0.3, -0.25) is 14.1 Å². The Labute approximate surface area is 224 Å². The fraction of sp³-hybridized carbons (Fsp3) is 0.700. The molecule has 0 aromatic carbocycles. The van der Waals surface area contributed by atoms with Gasteiger partial charge in [-0.2, -0.15) is 0 Å². The zero-order valence-corrected chi connectivity index (χ0v) is 23.0. The minimum Gasteiger partial charge on any atom is -0.444 e. The number of amides is 2. The molecule has 6 atom stereocenters. The van der Waals surface area contributed by atoms with E-state index in [1.54, 1.807) is 0 Å². The van der Waals surface area contributed by atoms with Crippen molar-refractivity contribution in [3.63, 3.8) is 0 Å². The van der Waals surface area contributed by atoms with Gasteiger partial charge in [0.2, 0.25) is 0 Å². The summed E-state index contributed by atoms with van der Waals surface area (Å²) in [6.45, 7) is 8.75. The lowest BCUT2D eigenvalue weighted by Crippen LogP contribution is -2.43. The van der Waals surface area contributed by atoms with Gasteiger partial charge in [0.1, 0.15) is 16.9 Å². The highest BCUT2D eigenvalue weighted by Gasteiger charge is 2.70. The second kappa shape index (κ2) is 8.44. The van der Waals surface area contributed by atoms with Crippen LogP contribution in [0.25, 0.3) is 5.65 Å². The van der Waals surface area contributed by atoms with Crippen molar-refractivity contribution in [1.29, 1.82) is 0 Å². The maximum Gasteiger partial charge on any atom is 0.407 e. The van der Waals surface area contributed by atoms with E-state index in [1.165, 1.54) is 38.5 Å². The zero-order valence-electron chi connectivity index (χ0n) is 23.0. The number of nitrogens with one attached hydrogen (secondary N) is 2. The summed E-state index contributed by atoms with van der Waals surface area (Å²) in [6.07, 6.45) is 10.8. The number of nitrogens with zero attached hydrogens (tertiary/aromatic N) is 3. The van der Waals surface area contributed by atoms with Crippen molar-refractivity contribution >= 4 is 17.6 Å². The predicted octanol–water partition coefficient (Wildman–Crippen LogP) is 4.38. The van der Waals surface area contributed by atoms with Crippen LogP contribution in [-0.4, -0.2) is 57.6 Å². The van der Waals surface area contributed by atoms with E-state index in [0.29, 0.717) is 23.1 Å². The van der Waals surface area contributed by atoms with Gasteiger partial charge in [0.25, 0.3) is 5.91 Å². The van der Waals surface area contributed by atoms with E-state index < -0.39 is 5.60 Å². The summed E-state index contributed by atoms with van der Waals surface area (Å²) >= 11 is 0. The highest BCUT2D eigenvalue weighted by Crippen LogP contribution is 2.78. The van der Waals surface area contributed by atoms with E-state index in [2.05, 4.69) is 15.5 Å². The van der Waals surface area contributed by atoms with Crippen molar-refractivity contribution < 1.29 is 14.3 Å². The summed E-state index contributed by atoms with van der Waals surface area (Å²) in [5, 5.41) is 6.34. The Morgan fingerprint density at radius 3 is 2.87 bits per heavy atom. The average Bonchev–Trinajstić information content (AvgIpc) is 3.53. The van der Waals surface area contributed by atoms with Gasteiger partial charge in [-0.1, -0.05) is 6.07 Å². The number of likely N-dealkylation sites (tertiary alicyclic amines) is 1. The molecule has 3 heterocycles. The van der Waals surface area contributed by atoms with E-state index in [0.717, 1.165) is 55.1 Å². The summed E-state index contributed by atoms with van der Waals surface area (Å²) < 4.78 is 7.34. The van der Waals surface area contributed by atoms with Crippen LogP contribution in [0.4, 0.5) is 4.79 Å². The molecule has 1 aliphatic heterocycles. The van der Waals surface area contributed by atoms with Crippen molar-refractivity contribution in [2.24, 2.45) is 28.6 Å². The molecule has 38 heavy (non-hydrogen) atoms. The molecule has 0 radical (unpaired) electrons. The Kier molecular flexibility index (Phi) is 5.43. The van der Waals surface area contributed by atoms with Gasteiger partial charge >= 0.3 is 6.09 Å². The Morgan fingerprint density at radius 1 is 1.16 bits per heavy atom. The van der Waals surface area contributed by atoms with Crippen molar-refractivity contribution in [3.05, 3.63) is 35.8 Å². The lowest BCUT2D eigenvalue weighted by Gasteiger charge is -2.49. The van der Waals surface area contributed by atoms with Crippen LogP contribution in [0, 0.1) is 28.6 Å². The fourth-order valence-corrected chi connectivity index (χ4v) is 9.22. The molecule has 5 fully saturated rings. The maximum absolute atomic E-state index is 13.4. The molecule has 1 saturated heterocycles. The van der Waals surface area contributed by atoms with Gasteiger partial charge in [0.05, 0.1) is 5.69 Å². The molecule has 1 spiro atoms. The van der Waals surface area contributed by atoms with Gasteiger partial charge in [-0.05, 0) is 106 Å². The first-order valence-corrected chi connectivity index (χ1v) is 14.6. The van der Waals surface area contributed by atoms with E-state index >= 15 is 0 Å². The van der Waals surface area contributed by atoms with E-state index in [-0.39, 0.29) is 18.0 Å². The number of alkyl carbamates (subject to hydrolysis) is 1. The number of aromatic nitrogens is 2. The van der Waals surface area contributed by atoms with Crippen molar-refractivity contribution in [3.8, 4) is 0 Å². The molecular formula is C30H41N5O3. The molecule has 204 valence electrons. The molecule has 2 aromatic rings. The highest BCUT2D eigenvalue weighted by molar-refractivity contribution is 5.93. The van der Waals surface area contributed by atoms with Gasteiger partial charge in [0, 0.05) is 38.4 Å². The first-order chi connectivity index (χ1) is 18.1. The van der Waals surface area contributed by atoms with Crippen LogP contribution in [0.2, 0.25) is 0 Å². The first kappa shape index (κ1) is 24.4. The minimum atomic E-state index is -0.502. The van der Waals surface area contributed by atoms with Crippen LogP contribution < -0.4 is 10.6 Å². The summed E-state index contributed by atoms with van der Waals surface area (Å²) in [4.78, 5) is 32.7. The van der Waals surface area contributed by atoms with E-state index in [9.17, 15) is 9.59 Å². The molecule has 4 aliphatic carbocycles. The molecule has 2 N–H and O–H groups in total. The number of carbonyl (C=O) groups excluding carboxylic acids is 2. The lowest BCUT2D eigenvalue weighted by molar-refractivity contribution is -0.00254. The molecule has 2 amide bonds. The van der Waals surface area contributed by atoms with Gasteiger partial charge < -0.3 is 15.4 Å². The Balaban J connectivity index is 0.985. The number of hydrogen-bond acceptors (Lipinski definition) is 5. The monoisotopic (exact) mass is 519 g/mol. The number of imidazole rings is 1. The standard InChI is InChI=1S/C30H41N5O3/c1-28(2,3)38-27(37)33-22-7-8-34(14-22)15-23-16-35-24(5-4-6-25(35)32-23)26(36)31-18-29-11-19-9-20-10-21(13-29)30(20,12-19)17-29/h4-6,16,19-22H,7-15,17-18H2,1-3H3,(H,31,36)(H,33,37)/t19?,20?,21?,22-,29?,30?/m1/s1. The molecule has 4 saturated carbocycles. The molecular weight excluding hydrogens is 478 g/mol. The number of carbonyl (C=O) groups is 2. The second-order valence-corrected chi connectivity index (χ2v) is 14.2. The van der Waals surface area contributed by atoms with Crippen LogP contribution in [0.15, 0.2) is 24.4 Å². The number of hydrogen-bond donors (Lipinski definition) is 2. The van der Waals surface area contributed by atoms with Crippen LogP contribution in [0.3, 0.4) is 0 Å². The predicted molar refractivity (Wildman–Crippen MR) is 144 cm³/mol. The van der Waals surface area contributed by atoms with Crippen molar-refractivity contribution in [1.82, 2.24) is 24.9 Å². The molecule has 8 heteroatoms. The number of fused-ring (bicyclic) bond motifs is 3. The maximum atomic E-state index is 13.4. The lowest BCUT2D eigenvalue weighted by atomic mass is 9.55. The zero-order chi connectivity index (χ0) is 26.3. The topological polar surface area (TPSA) is 88.0 Å². The molecule has 7 rings (SSSR count). The number of rotatable bonds is 6. The molecule has 5 unspecified atom stereocenters. The summed E-state index contributed by atoms with van der Waals surface area (Å²) in [6, 6.07) is 5.86. The summed E-state index contributed by atoms with van der Waals surface area (Å²) in [5.41, 5.74) is 2.84. The molecule has 3 bridgehead atoms. The average molecular weight is 520 g/mol. The van der Waals surface area contributed by atoms with E-state index in [4.69, 9.17) is 9.72 Å². The van der Waals surface area contributed by atoms with E-state index in [1.807, 2.05) is 49.6 Å². The van der Waals surface area contributed by atoms with Crippen LogP contribution >= 0.6 is 0 Å². The van der Waals surface area contributed by atoms with Crippen LogP contribution in [0.1, 0.15) is 81.9 Å². The van der Waals surface area contributed by atoms with Gasteiger partial charge in [-0.15, -0.1) is 0 Å². The molecule has 8 nitrogen and oxygen atoms in total. The second-order valence-electron chi connectivity index (χ2n) is 14.2. The summed E-state index contributed by atoms with van der Waals surface area (Å²) in [7, 11) is 0. The normalized spacial score (nSPS) is 35.3. The van der Waals surface area contributed by atoms with Gasteiger partial charge in [-0.25, -0.2) is 9.78 Å². The smallest absolute Gasteiger partial charge is 0.407 e. The quantitative estimate of drug-likeness (QED) is 0.592. The molecule has 5 aliphatic rings. The van der Waals surface area contributed by atoms with Crippen molar-refractivity contribution in [2.45, 2.75) is 83.9 Å². The third-order valence-electron chi connectivity index (χ3n) is 10.4. The van der Waals surface area contributed by atoms with Crippen LogP contribution in [-0.2, 0) is 11.3 Å². The Morgan fingerprint density at radius 2 is 2.03 bits per heavy atom. The Bertz CT molecular complexity index is 1280. The fourth-order valence-electron chi connectivity index (χ4n) is 9.22. The minimum absolute atomic E-state index is 0.00272. The largest absolute Gasteiger partial charge is 0.444 e.